The van der Waals surface area contributed by atoms with Crippen molar-refractivity contribution in [3.05, 3.63) is 40.7 Å². The Morgan fingerprint density at radius 3 is 3.00 bits per heavy atom. The maximum absolute atomic E-state index is 6.08. The van der Waals surface area contributed by atoms with Crippen molar-refractivity contribution in [3.8, 4) is 22.8 Å². The van der Waals surface area contributed by atoms with E-state index in [9.17, 15) is 0 Å². The zero-order valence-corrected chi connectivity index (χ0v) is 14.2. The predicted molar refractivity (Wildman–Crippen MR) is 89.8 cm³/mol. The first-order valence-corrected chi connectivity index (χ1v) is 8.88. The summed E-state index contributed by atoms with van der Waals surface area (Å²) in [6.45, 7) is 1.85. The number of furan rings is 1. The van der Waals surface area contributed by atoms with Crippen LogP contribution in [0.15, 0.2) is 43.3 Å². The molecule has 8 nitrogen and oxygen atoms in total. The number of thioether (sulfide) groups is 1. The number of nitrogen functional groups attached to an aromatic ring is 1. The highest BCUT2D eigenvalue weighted by molar-refractivity contribution is 7.98. The van der Waals surface area contributed by atoms with Crippen LogP contribution in [-0.2, 0) is 5.75 Å². The molecule has 0 saturated heterocycles. The van der Waals surface area contributed by atoms with Crippen LogP contribution in [0.1, 0.15) is 11.6 Å². The van der Waals surface area contributed by atoms with Gasteiger partial charge in [-0.2, -0.15) is 16.3 Å². The number of hydrogen-bond acceptors (Lipinski definition) is 9. The molecule has 0 fully saturated rings. The molecule has 0 saturated carbocycles. The molecular weight excluding hydrogens is 348 g/mol. The summed E-state index contributed by atoms with van der Waals surface area (Å²) in [5.41, 5.74) is 1.74. The molecule has 4 aromatic heterocycles. The molecule has 0 aliphatic carbocycles. The summed E-state index contributed by atoms with van der Waals surface area (Å²) in [6.07, 6.45) is 1.59. The number of hydrogen-bond donors (Lipinski definition) is 1. The standard InChI is InChI=1S/C14H12N6O2S2/c1-8-10(2-4-21-8)12-17-18-14(20(12)15)24-7-11-16-13(22-19-11)9-3-5-23-6-9/h2-6H,7,15H2,1H3. The average molecular weight is 360 g/mol. The van der Waals surface area contributed by atoms with Crippen molar-refractivity contribution in [2.75, 3.05) is 5.84 Å². The Labute approximate surface area is 144 Å². The zero-order chi connectivity index (χ0) is 16.5. The van der Waals surface area contributed by atoms with E-state index in [-0.39, 0.29) is 0 Å². The third kappa shape index (κ3) is 2.69. The van der Waals surface area contributed by atoms with Gasteiger partial charge >= 0.3 is 0 Å². The quantitative estimate of drug-likeness (QED) is 0.427. The fraction of sp³-hybridized carbons (Fsp3) is 0.143. The van der Waals surface area contributed by atoms with E-state index in [2.05, 4.69) is 20.3 Å². The van der Waals surface area contributed by atoms with Crippen LogP contribution in [0.25, 0.3) is 22.8 Å². The number of thiophene rings is 1. The summed E-state index contributed by atoms with van der Waals surface area (Å²) >= 11 is 2.97. The minimum absolute atomic E-state index is 0.480. The molecule has 0 aromatic carbocycles. The maximum Gasteiger partial charge on any atom is 0.258 e. The van der Waals surface area contributed by atoms with Gasteiger partial charge in [0.2, 0.25) is 5.16 Å². The molecule has 0 unspecified atom stereocenters. The van der Waals surface area contributed by atoms with Gasteiger partial charge in [-0.15, -0.1) is 10.2 Å². The van der Waals surface area contributed by atoms with Gasteiger partial charge in [-0.1, -0.05) is 16.9 Å². The molecule has 0 radical (unpaired) electrons. The molecule has 0 aliphatic heterocycles. The van der Waals surface area contributed by atoms with Crippen LogP contribution in [0.4, 0.5) is 0 Å². The van der Waals surface area contributed by atoms with Gasteiger partial charge in [-0.3, -0.25) is 0 Å². The largest absolute Gasteiger partial charge is 0.469 e. The van der Waals surface area contributed by atoms with Crippen molar-refractivity contribution in [2.45, 2.75) is 17.8 Å². The number of nitrogens with two attached hydrogens (primary N) is 1. The van der Waals surface area contributed by atoms with Crippen LogP contribution in [0.3, 0.4) is 0 Å². The Hall–Kier alpha value is -2.59. The molecule has 4 rings (SSSR count). The third-order valence-electron chi connectivity index (χ3n) is 3.33. The average Bonchev–Trinajstić information content (AvgIpc) is 3.33. The highest BCUT2D eigenvalue weighted by atomic mass is 32.2. The van der Waals surface area contributed by atoms with Gasteiger partial charge in [0.05, 0.1) is 23.1 Å². The van der Waals surface area contributed by atoms with Gasteiger partial charge in [-0.05, 0) is 24.4 Å². The Kier molecular flexibility index (Phi) is 3.82. The second-order valence-electron chi connectivity index (χ2n) is 4.88. The minimum Gasteiger partial charge on any atom is -0.469 e. The van der Waals surface area contributed by atoms with Crippen LogP contribution in [0.5, 0.6) is 0 Å². The lowest BCUT2D eigenvalue weighted by molar-refractivity contribution is 0.425. The predicted octanol–water partition coefficient (Wildman–Crippen LogP) is 2.96. The van der Waals surface area contributed by atoms with Gasteiger partial charge in [0.25, 0.3) is 5.89 Å². The van der Waals surface area contributed by atoms with Crippen molar-refractivity contribution < 1.29 is 8.94 Å². The lowest BCUT2D eigenvalue weighted by atomic mass is 10.2. The molecule has 24 heavy (non-hydrogen) atoms. The van der Waals surface area contributed by atoms with E-state index in [4.69, 9.17) is 14.8 Å². The molecule has 0 spiro atoms. The van der Waals surface area contributed by atoms with Gasteiger partial charge in [-0.25, -0.2) is 4.68 Å². The van der Waals surface area contributed by atoms with Crippen molar-refractivity contribution in [1.82, 2.24) is 25.0 Å². The molecule has 10 heteroatoms. The van der Waals surface area contributed by atoms with E-state index in [1.165, 1.54) is 16.4 Å². The van der Waals surface area contributed by atoms with E-state index in [0.29, 0.717) is 28.4 Å². The van der Waals surface area contributed by atoms with Gasteiger partial charge < -0.3 is 14.8 Å². The van der Waals surface area contributed by atoms with Crippen LogP contribution < -0.4 is 5.84 Å². The molecule has 0 aliphatic rings. The fourth-order valence-corrected chi connectivity index (χ4v) is 3.45. The van der Waals surface area contributed by atoms with E-state index >= 15 is 0 Å². The van der Waals surface area contributed by atoms with Crippen LogP contribution in [-0.4, -0.2) is 25.0 Å². The Morgan fingerprint density at radius 1 is 1.33 bits per heavy atom. The number of nitrogens with zero attached hydrogens (tertiary/aromatic N) is 5. The van der Waals surface area contributed by atoms with Gasteiger partial charge in [0.1, 0.15) is 5.76 Å². The molecular formula is C14H12N6O2S2. The number of rotatable bonds is 5. The first kappa shape index (κ1) is 15.0. The third-order valence-corrected chi connectivity index (χ3v) is 4.95. The first-order chi connectivity index (χ1) is 11.7. The lowest BCUT2D eigenvalue weighted by Crippen LogP contribution is -2.11. The van der Waals surface area contributed by atoms with Crippen molar-refractivity contribution in [3.63, 3.8) is 0 Å². The first-order valence-electron chi connectivity index (χ1n) is 6.95. The fourth-order valence-electron chi connectivity index (χ4n) is 2.12. The highest BCUT2D eigenvalue weighted by Gasteiger charge is 2.17. The molecule has 0 amide bonds. The molecule has 0 bridgehead atoms. The van der Waals surface area contributed by atoms with Crippen LogP contribution in [0, 0.1) is 6.92 Å². The monoisotopic (exact) mass is 360 g/mol. The summed E-state index contributed by atoms with van der Waals surface area (Å²) in [5.74, 6) is 8.93. The molecule has 2 N–H and O–H groups in total. The van der Waals surface area contributed by atoms with Crippen molar-refractivity contribution in [1.29, 1.82) is 0 Å². The Balaban J connectivity index is 1.49. The second kappa shape index (κ2) is 6.13. The van der Waals surface area contributed by atoms with Crippen molar-refractivity contribution in [2.24, 2.45) is 0 Å². The smallest absolute Gasteiger partial charge is 0.258 e. The SMILES string of the molecule is Cc1occc1-c1nnc(SCc2noc(-c3ccsc3)n2)n1N. The summed E-state index contributed by atoms with van der Waals surface area (Å²) in [4.78, 5) is 4.36. The van der Waals surface area contributed by atoms with Crippen molar-refractivity contribution >= 4 is 23.1 Å². The zero-order valence-electron chi connectivity index (χ0n) is 12.5. The van der Waals surface area contributed by atoms with E-state index in [0.717, 1.165) is 16.9 Å². The normalized spacial score (nSPS) is 11.2. The summed E-state index contributed by atoms with van der Waals surface area (Å²) in [5, 5.41) is 16.7. The van der Waals surface area contributed by atoms with Gasteiger partial charge in [0.15, 0.2) is 11.6 Å². The van der Waals surface area contributed by atoms with E-state index in [1.807, 2.05) is 29.8 Å². The Morgan fingerprint density at radius 2 is 2.25 bits per heavy atom. The molecule has 4 aromatic rings. The summed E-state index contributed by atoms with van der Waals surface area (Å²) < 4.78 is 12.0. The van der Waals surface area contributed by atoms with Crippen LogP contribution in [0.2, 0.25) is 0 Å². The van der Waals surface area contributed by atoms with E-state index in [1.54, 1.807) is 17.6 Å². The van der Waals surface area contributed by atoms with E-state index < -0.39 is 0 Å². The topological polar surface area (TPSA) is 109 Å². The highest BCUT2D eigenvalue weighted by Crippen LogP contribution is 2.27. The summed E-state index contributed by atoms with van der Waals surface area (Å²) in [6, 6.07) is 3.74. The molecule has 0 atom stereocenters. The lowest BCUT2D eigenvalue weighted by Gasteiger charge is -2.01. The molecule has 122 valence electrons. The minimum atomic E-state index is 0.480. The number of aryl methyl sites for hydroxylation is 1. The van der Waals surface area contributed by atoms with Crippen LogP contribution >= 0.6 is 23.1 Å². The Bertz CT molecular complexity index is 956. The number of aromatic nitrogens is 5. The maximum atomic E-state index is 6.08. The summed E-state index contributed by atoms with van der Waals surface area (Å²) in [7, 11) is 0. The van der Waals surface area contributed by atoms with Gasteiger partial charge in [0, 0.05) is 5.38 Å². The molecule has 4 heterocycles. The second-order valence-corrected chi connectivity index (χ2v) is 6.61.